The minimum atomic E-state index is -0.753. The van der Waals surface area contributed by atoms with E-state index in [1.54, 1.807) is 37.3 Å². The van der Waals surface area contributed by atoms with Crippen LogP contribution in [0.1, 0.15) is 38.8 Å². The predicted octanol–water partition coefficient (Wildman–Crippen LogP) is 5.70. The molecule has 1 atom stereocenters. The lowest BCUT2D eigenvalue weighted by Gasteiger charge is -2.31. The number of carbonyl (C=O) groups excluding carboxylic acids is 2. The molecule has 1 N–H and O–H groups in total. The molecule has 168 valence electrons. The Morgan fingerprint density at radius 3 is 2.42 bits per heavy atom. The van der Waals surface area contributed by atoms with E-state index in [-0.39, 0.29) is 24.1 Å². The molecule has 0 radical (unpaired) electrons. The maximum Gasteiger partial charge on any atom is 0.242 e. The smallest absolute Gasteiger partial charge is 0.242 e. The van der Waals surface area contributed by atoms with E-state index in [0.29, 0.717) is 21.4 Å². The van der Waals surface area contributed by atoms with Gasteiger partial charge in [0.1, 0.15) is 11.9 Å². The summed E-state index contributed by atoms with van der Waals surface area (Å²) in [6.45, 7) is 7.27. The van der Waals surface area contributed by atoms with Crippen molar-refractivity contribution in [2.24, 2.45) is 0 Å². The van der Waals surface area contributed by atoms with Crippen LogP contribution < -0.4 is 5.32 Å². The van der Waals surface area contributed by atoms with Crippen LogP contribution in [0.25, 0.3) is 0 Å². The monoisotopic (exact) mass is 484 g/mol. The number of nitrogens with zero attached hydrogens (tertiary/aromatic N) is 1. The molecule has 0 heterocycles. The lowest BCUT2D eigenvalue weighted by Crippen LogP contribution is -2.52. The molecule has 0 fully saturated rings. The van der Waals surface area contributed by atoms with E-state index in [2.05, 4.69) is 5.32 Å². The van der Waals surface area contributed by atoms with Crippen molar-refractivity contribution in [3.63, 3.8) is 0 Å². The maximum atomic E-state index is 14.2. The molecule has 0 aliphatic rings. The summed E-state index contributed by atoms with van der Waals surface area (Å²) in [6, 6.07) is 10.8. The van der Waals surface area contributed by atoms with E-state index >= 15 is 0 Å². The van der Waals surface area contributed by atoms with Gasteiger partial charge in [0, 0.05) is 23.4 Å². The number of halogens is 3. The van der Waals surface area contributed by atoms with Crippen molar-refractivity contribution in [3.05, 3.63) is 69.5 Å². The SMILES string of the molecule is C[C@H](C(=O)NC(C)(C)C)N(Cc1ccccc1F)C(=O)CSCc1ccc(Cl)c(Cl)c1. The topological polar surface area (TPSA) is 49.4 Å². The summed E-state index contributed by atoms with van der Waals surface area (Å²) in [6.07, 6.45) is 0. The molecular formula is C23H27Cl2FN2O2S. The Morgan fingerprint density at radius 1 is 1.13 bits per heavy atom. The van der Waals surface area contributed by atoms with Gasteiger partial charge in [-0.15, -0.1) is 11.8 Å². The van der Waals surface area contributed by atoms with Gasteiger partial charge in [0.05, 0.1) is 15.8 Å². The molecule has 2 aromatic carbocycles. The van der Waals surface area contributed by atoms with Gasteiger partial charge in [0.15, 0.2) is 0 Å². The number of rotatable bonds is 8. The highest BCUT2D eigenvalue weighted by atomic mass is 35.5. The van der Waals surface area contributed by atoms with Crippen molar-refractivity contribution in [2.75, 3.05) is 5.75 Å². The van der Waals surface area contributed by atoms with Gasteiger partial charge in [-0.05, 0) is 51.5 Å². The van der Waals surface area contributed by atoms with E-state index in [0.717, 1.165) is 5.56 Å². The molecule has 0 aromatic heterocycles. The minimum absolute atomic E-state index is 0.0115. The van der Waals surface area contributed by atoms with Crippen LogP contribution in [-0.2, 0) is 21.9 Å². The van der Waals surface area contributed by atoms with Crippen molar-refractivity contribution in [1.82, 2.24) is 10.2 Å². The first-order chi connectivity index (χ1) is 14.5. The van der Waals surface area contributed by atoms with Gasteiger partial charge in [0.25, 0.3) is 0 Å². The predicted molar refractivity (Wildman–Crippen MR) is 127 cm³/mol. The zero-order valence-corrected chi connectivity index (χ0v) is 20.4. The van der Waals surface area contributed by atoms with E-state index in [9.17, 15) is 14.0 Å². The van der Waals surface area contributed by atoms with Crippen molar-refractivity contribution in [1.29, 1.82) is 0 Å². The first-order valence-corrected chi connectivity index (χ1v) is 11.8. The summed E-state index contributed by atoms with van der Waals surface area (Å²) in [5.74, 6) is -0.246. The fourth-order valence-corrected chi connectivity index (χ4v) is 4.01. The Kier molecular flexibility index (Phi) is 9.22. The standard InChI is InChI=1S/C23H27Cl2FN2O2S/c1-15(22(30)27-23(2,3)4)28(12-17-7-5-6-8-20(17)26)21(29)14-31-13-16-9-10-18(24)19(25)11-16/h5-11,15H,12-14H2,1-4H3,(H,27,30)/t15-/m1/s1. The Hall–Kier alpha value is -1.76. The molecule has 0 aliphatic heterocycles. The third-order valence-electron chi connectivity index (χ3n) is 4.44. The quantitative estimate of drug-likeness (QED) is 0.522. The molecule has 8 heteroatoms. The first-order valence-electron chi connectivity index (χ1n) is 9.84. The van der Waals surface area contributed by atoms with E-state index in [4.69, 9.17) is 23.2 Å². The number of hydrogen-bond acceptors (Lipinski definition) is 3. The van der Waals surface area contributed by atoms with E-state index in [1.165, 1.54) is 22.7 Å². The summed E-state index contributed by atoms with van der Waals surface area (Å²) in [7, 11) is 0. The van der Waals surface area contributed by atoms with Crippen molar-refractivity contribution in [2.45, 2.75) is 51.6 Å². The number of nitrogens with one attached hydrogen (secondary N) is 1. The summed E-state index contributed by atoms with van der Waals surface area (Å²) < 4.78 is 14.2. The summed E-state index contributed by atoms with van der Waals surface area (Å²) in [5, 5.41) is 3.82. The van der Waals surface area contributed by atoms with Crippen LogP contribution in [0.2, 0.25) is 10.0 Å². The molecule has 0 saturated carbocycles. The van der Waals surface area contributed by atoms with Gasteiger partial charge in [-0.3, -0.25) is 9.59 Å². The maximum absolute atomic E-state index is 14.2. The number of amides is 2. The highest BCUT2D eigenvalue weighted by Gasteiger charge is 2.28. The lowest BCUT2D eigenvalue weighted by molar-refractivity contribution is -0.139. The third-order valence-corrected chi connectivity index (χ3v) is 6.17. The highest BCUT2D eigenvalue weighted by Crippen LogP contribution is 2.25. The number of benzene rings is 2. The number of thioether (sulfide) groups is 1. The van der Waals surface area contributed by atoms with Crippen LogP contribution in [0.15, 0.2) is 42.5 Å². The van der Waals surface area contributed by atoms with E-state index in [1.807, 2.05) is 26.8 Å². The molecule has 0 bridgehead atoms. The molecule has 0 saturated heterocycles. The average Bonchev–Trinajstić information content (AvgIpc) is 2.68. The minimum Gasteiger partial charge on any atom is -0.350 e. The van der Waals surface area contributed by atoms with Gasteiger partial charge in [-0.2, -0.15) is 0 Å². The molecular weight excluding hydrogens is 458 g/mol. The first kappa shape index (κ1) is 25.5. The molecule has 4 nitrogen and oxygen atoms in total. The van der Waals surface area contributed by atoms with Crippen LogP contribution in [0.3, 0.4) is 0 Å². The van der Waals surface area contributed by atoms with E-state index < -0.39 is 17.4 Å². The number of hydrogen-bond donors (Lipinski definition) is 1. The summed E-state index contributed by atoms with van der Waals surface area (Å²) in [5.41, 5.74) is 0.854. The van der Waals surface area contributed by atoms with Crippen molar-refractivity contribution in [3.8, 4) is 0 Å². The van der Waals surface area contributed by atoms with Gasteiger partial charge in [0.2, 0.25) is 11.8 Å². The Bertz CT molecular complexity index is 934. The average molecular weight is 485 g/mol. The Morgan fingerprint density at radius 2 is 1.81 bits per heavy atom. The zero-order chi connectivity index (χ0) is 23.2. The zero-order valence-electron chi connectivity index (χ0n) is 18.0. The normalized spacial score (nSPS) is 12.4. The van der Waals surface area contributed by atoms with Crippen LogP contribution in [0.5, 0.6) is 0 Å². The van der Waals surface area contributed by atoms with Crippen molar-refractivity contribution < 1.29 is 14.0 Å². The molecule has 31 heavy (non-hydrogen) atoms. The van der Waals surface area contributed by atoms with Gasteiger partial charge >= 0.3 is 0 Å². The van der Waals surface area contributed by atoms with Gasteiger partial charge in [-0.1, -0.05) is 47.5 Å². The molecule has 0 unspecified atom stereocenters. The second kappa shape index (κ2) is 11.2. The Labute approximate surface area is 197 Å². The van der Waals surface area contributed by atoms with Crippen molar-refractivity contribution >= 4 is 46.8 Å². The second-order valence-corrected chi connectivity index (χ2v) is 10.1. The fourth-order valence-electron chi connectivity index (χ4n) is 2.84. The highest BCUT2D eigenvalue weighted by molar-refractivity contribution is 7.99. The Balaban J connectivity index is 2.12. The summed E-state index contributed by atoms with van der Waals surface area (Å²) in [4.78, 5) is 27.2. The molecule has 0 spiro atoms. The second-order valence-electron chi connectivity index (χ2n) is 8.27. The molecule has 0 aliphatic carbocycles. The number of carbonyl (C=O) groups is 2. The lowest BCUT2D eigenvalue weighted by atomic mass is 10.1. The largest absolute Gasteiger partial charge is 0.350 e. The molecule has 2 aromatic rings. The van der Waals surface area contributed by atoms with Crippen LogP contribution in [0.4, 0.5) is 4.39 Å². The van der Waals surface area contributed by atoms with Gasteiger partial charge in [-0.25, -0.2) is 4.39 Å². The van der Waals surface area contributed by atoms with Crippen LogP contribution in [0, 0.1) is 5.82 Å². The summed E-state index contributed by atoms with van der Waals surface area (Å²) >= 11 is 13.4. The molecule has 2 rings (SSSR count). The third kappa shape index (κ3) is 8.02. The fraction of sp³-hybridized carbons (Fsp3) is 0.391. The van der Waals surface area contributed by atoms with Crippen LogP contribution in [-0.4, -0.2) is 34.0 Å². The van der Waals surface area contributed by atoms with Crippen LogP contribution >= 0.6 is 35.0 Å². The molecule has 2 amide bonds. The van der Waals surface area contributed by atoms with Gasteiger partial charge < -0.3 is 10.2 Å².